The van der Waals surface area contributed by atoms with E-state index in [0.717, 1.165) is 10.6 Å². The van der Waals surface area contributed by atoms with Gasteiger partial charge >= 0.3 is 0 Å². The highest BCUT2D eigenvalue weighted by Gasteiger charge is 2.16. The molecular weight excluding hydrogens is 270 g/mol. The van der Waals surface area contributed by atoms with Crippen LogP contribution in [-0.2, 0) is 16.6 Å². The summed E-state index contributed by atoms with van der Waals surface area (Å²) in [5.74, 6) is 0. The average molecular weight is 283 g/mol. The molecule has 5 nitrogen and oxygen atoms in total. The van der Waals surface area contributed by atoms with E-state index in [1.165, 1.54) is 11.3 Å². The molecule has 0 radical (unpaired) electrons. The number of hydrogen-bond donors (Lipinski definition) is 1. The summed E-state index contributed by atoms with van der Waals surface area (Å²) in [6, 6.07) is 6.87. The Bertz CT molecular complexity index is 650. The van der Waals surface area contributed by atoms with Crippen LogP contribution < -0.4 is 4.72 Å². The molecule has 1 aromatic heterocycles. The Balaban J connectivity index is 2.16. The first kappa shape index (κ1) is 13.1. The van der Waals surface area contributed by atoms with Crippen molar-refractivity contribution in [2.24, 2.45) is 0 Å². The van der Waals surface area contributed by atoms with Gasteiger partial charge < -0.3 is 0 Å². The van der Waals surface area contributed by atoms with Gasteiger partial charge in [-0.25, -0.2) is 13.1 Å². The van der Waals surface area contributed by atoms with Gasteiger partial charge in [-0.3, -0.25) is 0 Å². The van der Waals surface area contributed by atoms with Gasteiger partial charge in [0.05, 0.1) is 11.4 Å². The lowest BCUT2D eigenvalue weighted by Crippen LogP contribution is -2.23. The van der Waals surface area contributed by atoms with Crippen LogP contribution in [0.3, 0.4) is 0 Å². The van der Waals surface area contributed by atoms with E-state index in [9.17, 15) is 8.42 Å². The molecule has 7 heteroatoms. The van der Waals surface area contributed by atoms with Gasteiger partial charge in [-0.1, -0.05) is 18.2 Å². The van der Waals surface area contributed by atoms with Gasteiger partial charge in [0.15, 0.2) is 0 Å². The second-order valence-electron chi connectivity index (χ2n) is 3.80. The summed E-state index contributed by atoms with van der Waals surface area (Å²) in [6.45, 7) is 3.77. The third-order valence-corrected chi connectivity index (χ3v) is 4.76. The van der Waals surface area contributed by atoms with Crippen LogP contribution in [0, 0.1) is 13.8 Å². The molecule has 0 amide bonds. The van der Waals surface area contributed by atoms with Gasteiger partial charge in [0.1, 0.15) is 10.0 Å². The van der Waals surface area contributed by atoms with Crippen LogP contribution in [0.25, 0.3) is 0 Å². The fourth-order valence-electron chi connectivity index (χ4n) is 1.50. The Labute approximate surface area is 110 Å². The van der Waals surface area contributed by atoms with Crippen molar-refractivity contribution >= 4 is 21.4 Å². The van der Waals surface area contributed by atoms with Crippen molar-refractivity contribution in [1.29, 1.82) is 0 Å². The Morgan fingerprint density at radius 3 is 2.56 bits per heavy atom. The molecule has 0 saturated carbocycles. The highest BCUT2D eigenvalue weighted by atomic mass is 32.2. The summed E-state index contributed by atoms with van der Waals surface area (Å²) in [5, 5.41) is 9.19. The van der Waals surface area contributed by atoms with E-state index >= 15 is 0 Å². The molecule has 0 unspecified atom stereocenters. The standard InChI is InChI=1S/C11H13N3O2S2/c1-8-5-3-4-6-10(8)18(15,16)12-7-11-14-13-9(2)17-11/h3-6,12H,7H2,1-2H3. The fraction of sp³-hybridized carbons (Fsp3) is 0.273. The van der Waals surface area contributed by atoms with Crippen molar-refractivity contribution in [1.82, 2.24) is 14.9 Å². The molecular formula is C11H13N3O2S2. The van der Waals surface area contributed by atoms with Crippen molar-refractivity contribution in [2.45, 2.75) is 25.3 Å². The van der Waals surface area contributed by atoms with E-state index in [-0.39, 0.29) is 6.54 Å². The van der Waals surface area contributed by atoms with Crippen molar-refractivity contribution in [3.63, 3.8) is 0 Å². The molecule has 2 rings (SSSR count). The molecule has 0 fully saturated rings. The first-order valence-corrected chi connectivity index (χ1v) is 7.63. The number of nitrogens with zero attached hydrogens (tertiary/aromatic N) is 2. The topological polar surface area (TPSA) is 72.0 Å². The SMILES string of the molecule is Cc1nnc(CNS(=O)(=O)c2ccccc2C)s1. The lowest BCUT2D eigenvalue weighted by atomic mass is 10.2. The molecule has 1 heterocycles. The average Bonchev–Trinajstić information content (AvgIpc) is 2.73. The molecule has 1 N–H and O–H groups in total. The largest absolute Gasteiger partial charge is 0.241 e. The number of rotatable bonds is 4. The third-order valence-electron chi connectivity index (χ3n) is 2.36. The van der Waals surface area contributed by atoms with Crippen molar-refractivity contribution in [3.05, 3.63) is 39.8 Å². The lowest BCUT2D eigenvalue weighted by molar-refractivity contribution is 0.580. The number of aryl methyl sites for hydroxylation is 2. The molecule has 1 aromatic carbocycles. The quantitative estimate of drug-likeness (QED) is 0.925. The molecule has 0 aliphatic heterocycles. The molecule has 0 atom stereocenters. The predicted octanol–water partition coefficient (Wildman–Crippen LogP) is 1.63. The van der Waals surface area contributed by atoms with E-state index in [1.54, 1.807) is 25.1 Å². The third kappa shape index (κ3) is 2.92. The van der Waals surface area contributed by atoms with Crippen LogP contribution in [0.4, 0.5) is 0 Å². The number of benzene rings is 1. The lowest BCUT2D eigenvalue weighted by Gasteiger charge is -2.07. The molecule has 0 bridgehead atoms. The van der Waals surface area contributed by atoms with E-state index < -0.39 is 10.0 Å². The number of sulfonamides is 1. The number of hydrogen-bond acceptors (Lipinski definition) is 5. The Morgan fingerprint density at radius 2 is 1.94 bits per heavy atom. The monoisotopic (exact) mass is 283 g/mol. The van der Waals surface area contributed by atoms with Crippen molar-refractivity contribution in [3.8, 4) is 0 Å². The summed E-state index contributed by atoms with van der Waals surface area (Å²) in [7, 11) is -3.49. The van der Waals surface area contributed by atoms with E-state index in [4.69, 9.17) is 0 Å². The van der Waals surface area contributed by atoms with E-state index in [2.05, 4.69) is 14.9 Å². The van der Waals surface area contributed by atoms with Crippen LogP contribution in [0.1, 0.15) is 15.6 Å². The minimum absolute atomic E-state index is 0.169. The molecule has 18 heavy (non-hydrogen) atoms. The highest BCUT2D eigenvalue weighted by molar-refractivity contribution is 7.89. The van der Waals surface area contributed by atoms with E-state index in [1.807, 2.05) is 13.0 Å². The highest BCUT2D eigenvalue weighted by Crippen LogP contribution is 2.15. The van der Waals surface area contributed by atoms with Gasteiger partial charge in [-0.15, -0.1) is 21.5 Å². The first-order chi connectivity index (χ1) is 8.49. The molecule has 0 saturated heterocycles. The van der Waals surface area contributed by atoms with E-state index in [0.29, 0.717) is 9.90 Å². The summed E-state index contributed by atoms with van der Waals surface area (Å²) in [4.78, 5) is 0.297. The zero-order chi connectivity index (χ0) is 13.2. The van der Waals surface area contributed by atoms with Crippen LogP contribution in [0.2, 0.25) is 0 Å². The van der Waals surface area contributed by atoms with Crippen LogP contribution in [-0.4, -0.2) is 18.6 Å². The second-order valence-corrected chi connectivity index (χ2v) is 6.81. The molecule has 0 spiro atoms. The Kier molecular flexibility index (Phi) is 3.74. The second kappa shape index (κ2) is 5.13. The normalized spacial score (nSPS) is 11.7. The smallest absolute Gasteiger partial charge is 0.207 e. The summed E-state index contributed by atoms with van der Waals surface area (Å²) >= 11 is 1.38. The predicted molar refractivity (Wildman–Crippen MR) is 69.9 cm³/mol. The molecule has 0 aliphatic rings. The van der Waals surface area contributed by atoms with Gasteiger partial charge in [0, 0.05) is 0 Å². The fourth-order valence-corrected chi connectivity index (χ4v) is 3.47. The zero-order valence-electron chi connectivity index (χ0n) is 10.0. The van der Waals surface area contributed by atoms with Gasteiger partial charge in [0.2, 0.25) is 10.0 Å². The minimum atomic E-state index is -3.49. The summed E-state index contributed by atoms with van der Waals surface area (Å²) < 4.78 is 26.7. The first-order valence-electron chi connectivity index (χ1n) is 5.33. The molecule has 0 aliphatic carbocycles. The zero-order valence-corrected chi connectivity index (χ0v) is 11.7. The molecule has 96 valence electrons. The maximum Gasteiger partial charge on any atom is 0.241 e. The Morgan fingerprint density at radius 1 is 1.22 bits per heavy atom. The molecule has 2 aromatic rings. The van der Waals surface area contributed by atoms with Crippen LogP contribution in [0.5, 0.6) is 0 Å². The summed E-state index contributed by atoms with van der Waals surface area (Å²) in [6.07, 6.45) is 0. The van der Waals surface area contributed by atoms with Crippen LogP contribution >= 0.6 is 11.3 Å². The minimum Gasteiger partial charge on any atom is -0.207 e. The van der Waals surface area contributed by atoms with Crippen molar-refractivity contribution in [2.75, 3.05) is 0 Å². The van der Waals surface area contributed by atoms with Gasteiger partial charge in [-0.2, -0.15) is 0 Å². The maximum absolute atomic E-state index is 12.1. The maximum atomic E-state index is 12.1. The van der Waals surface area contributed by atoms with Crippen molar-refractivity contribution < 1.29 is 8.42 Å². The van der Waals surface area contributed by atoms with Gasteiger partial charge in [-0.05, 0) is 25.5 Å². The van der Waals surface area contributed by atoms with Gasteiger partial charge in [0.25, 0.3) is 0 Å². The number of aromatic nitrogens is 2. The Hall–Kier alpha value is -1.31. The van der Waals surface area contributed by atoms with Crippen LogP contribution in [0.15, 0.2) is 29.2 Å². The summed E-state index contributed by atoms with van der Waals surface area (Å²) in [5.41, 5.74) is 0.721. The number of nitrogens with one attached hydrogen (secondary N) is 1.